The number of hydrogen-bond donors (Lipinski definition) is 1. The molecule has 0 unspecified atom stereocenters. The highest BCUT2D eigenvalue weighted by Crippen LogP contribution is 2.26. The average molecular weight is 508 g/mol. The Labute approximate surface area is 208 Å². The fourth-order valence-corrected chi connectivity index (χ4v) is 4.45. The molecule has 186 valence electrons. The molecule has 0 aromatic heterocycles. The van der Waals surface area contributed by atoms with Gasteiger partial charge in [-0.05, 0) is 57.4 Å². The largest absolute Gasteiger partial charge is 0.352 e. The van der Waals surface area contributed by atoms with Crippen LogP contribution in [0.25, 0.3) is 0 Å². The lowest BCUT2D eigenvalue weighted by Gasteiger charge is -2.32. The van der Waals surface area contributed by atoms with Crippen LogP contribution in [0.1, 0.15) is 43.9 Å². The van der Waals surface area contributed by atoms with E-state index in [9.17, 15) is 18.0 Å². The van der Waals surface area contributed by atoms with Crippen molar-refractivity contribution in [1.29, 1.82) is 0 Å². The van der Waals surface area contributed by atoms with E-state index in [1.165, 1.54) is 11.0 Å². The molecular formula is C25H34ClN3O4S. The van der Waals surface area contributed by atoms with Gasteiger partial charge in [-0.2, -0.15) is 0 Å². The third-order valence-corrected chi connectivity index (χ3v) is 7.12. The van der Waals surface area contributed by atoms with Crippen LogP contribution in [0, 0.1) is 13.8 Å². The van der Waals surface area contributed by atoms with Crippen LogP contribution in [-0.4, -0.2) is 50.0 Å². The fraction of sp³-hybridized carbons (Fsp3) is 0.440. The molecule has 0 spiro atoms. The molecular weight excluding hydrogens is 474 g/mol. The molecule has 0 saturated heterocycles. The molecule has 2 amide bonds. The van der Waals surface area contributed by atoms with E-state index in [1.807, 2.05) is 45.0 Å². The third-order valence-electron chi connectivity index (χ3n) is 5.76. The number of halogens is 1. The van der Waals surface area contributed by atoms with Gasteiger partial charge in [-0.25, -0.2) is 8.42 Å². The molecule has 0 aliphatic heterocycles. The second-order valence-electron chi connectivity index (χ2n) is 8.70. The van der Waals surface area contributed by atoms with E-state index in [0.717, 1.165) is 28.1 Å². The summed E-state index contributed by atoms with van der Waals surface area (Å²) in [6.45, 7) is 8.94. The number of aryl methyl sites for hydroxylation is 2. The predicted octanol–water partition coefficient (Wildman–Crippen LogP) is 4.05. The van der Waals surface area contributed by atoms with E-state index in [1.54, 1.807) is 26.0 Å². The normalized spacial score (nSPS) is 13.1. The Morgan fingerprint density at radius 3 is 2.24 bits per heavy atom. The minimum absolute atomic E-state index is 0.0482. The summed E-state index contributed by atoms with van der Waals surface area (Å²) in [5, 5.41) is 3.27. The van der Waals surface area contributed by atoms with Crippen molar-refractivity contribution in [2.75, 3.05) is 17.1 Å². The number of hydrogen-bond acceptors (Lipinski definition) is 4. The van der Waals surface area contributed by atoms with Crippen molar-refractivity contribution in [3.05, 3.63) is 64.2 Å². The van der Waals surface area contributed by atoms with Crippen molar-refractivity contribution in [3.8, 4) is 0 Å². The van der Waals surface area contributed by atoms with Crippen molar-refractivity contribution in [3.63, 3.8) is 0 Å². The zero-order valence-corrected chi connectivity index (χ0v) is 22.2. The van der Waals surface area contributed by atoms with Crippen LogP contribution >= 0.6 is 11.6 Å². The Hall–Kier alpha value is -2.58. The van der Waals surface area contributed by atoms with Gasteiger partial charge in [0.05, 0.1) is 11.9 Å². The second kappa shape index (κ2) is 11.7. The summed E-state index contributed by atoms with van der Waals surface area (Å²) in [6.07, 6.45) is 1.80. The number of rotatable bonds is 10. The zero-order chi connectivity index (χ0) is 25.6. The Morgan fingerprint density at radius 2 is 1.68 bits per heavy atom. The summed E-state index contributed by atoms with van der Waals surface area (Å²) in [7, 11) is -3.81. The molecule has 2 aromatic carbocycles. The van der Waals surface area contributed by atoms with Crippen molar-refractivity contribution < 1.29 is 18.0 Å². The van der Waals surface area contributed by atoms with Gasteiger partial charge in [0.15, 0.2) is 0 Å². The number of nitrogens with one attached hydrogen (secondary N) is 1. The number of carbonyl (C=O) groups is 2. The number of anilines is 1. The first-order chi connectivity index (χ1) is 15.8. The highest BCUT2D eigenvalue weighted by atomic mass is 35.5. The molecule has 0 heterocycles. The lowest BCUT2D eigenvalue weighted by molar-refractivity contribution is -0.139. The van der Waals surface area contributed by atoms with Gasteiger partial charge >= 0.3 is 0 Å². The van der Waals surface area contributed by atoms with Crippen LogP contribution in [0.15, 0.2) is 42.5 Å². The number of sulfonamides is 1. The first-order valence-corrected chi connectivity index (χ1v) is 13.4. The Kier molecular flexibility index (Phi) is 9.53. The molecule has 9 heteroatoms. The maximum Gasteiger partial charge on any atom is 0.244 e. The number of carbonyl (C=O) groups excluding carboxylic acids is 2. The van der Waals surface area contributed by atoms with E-state index in [4.69, 9.17) is 11.6 Å². The van der Waals surface area contributed by atoms with Crippen molar-refractivity contribution >= 4 is 39.1 Å². The van der Waals surface area contributed by atoms with Crippen LogP contribution in [0.3, 0.4) is 0 Å². The van der Waals surface area contributed by atoms with Crippen molar-refractivity contribution in [2.45, 2.75) is 59.7 Å². The summed E-state index contributed by atoms with van der Waals surface area (Å²) in [5.41, 5.74) is 2.90. The average Bonchev–Trinajstić information content (AvgIpc) is 2.77. The smallest absolute Gasteiger partial charge is 0.244 e. The van der Waals surface area contributed by atoms with E-state index in [-0.39, 0.29) is 18.5 Å². The second-order valence-corrected chi connectivity index (χ2v) is 11.0. The van der Waals surface area contributed by atoms with Gasteiger partial charge in [-0.15, -0.1) is 0 Å². The first kappa shape index (κ1) is 27.7. The Bertz CT molecular complexity index is 1120. The van der Waals surface area contributed by atoms with Gasteiger partial charge < -0.3 is 10.2 Å². The van der Waals surface area contributed by atoms with Crippen LogP contribution in [0.2, 0.25) is 5.02 Å². The van der Waals surface area contributed by atoms with Gasteiger partial charge in [0.2, 0.25) is 21.8 Å². The number of nitrogens with zero attached hydrogens (tertiary/aromatic N) is 2. The SMILES string of the molecule is CC[C@H](C)NC(=O)[C@H](C)N(Cc1ccc(C)cc1)C(=O)CN(c1cc(Cl)ccc1C)S(C)(=O)=O. The highest BCUT2D eigenvalue weighted by Gasteiger charge is 2.31. The van der Waals surface area contributed by atoms with Gasteiger partial charge in [0.1, 0.15) is 12.6 Å². The molecule has 0 aliphatic rings. The molecule has 2 rings (SSSR count). The minimum atomic E-state index is -3.81. The lowest BCUT2D eigenvalue weighted by Crippen LogP contribution is -2.52. The number of benzene rings is 2. The predicted molar refractivity (Wildman–Crippen MR) is 137 cm³/mol. The molecule has 2 atom stereocenters. The standard InChI is InChI=1S/C25H34ClN3O4S/c1-7-19(4)27-25(31)20(5)28(15-21-11-8-17(2)9-12-21)24(30)16-29(34(6,32)33)23-14-22(26)13-10-18(23)3/h8-14,19-20H,7,15-16H2,1-6H3,(H,27,31)/t19-,20-/m0/s1. The Morgan fingerprint density at radius 1 is 1.06 bits per heavy atom. The third kappa shape index (κ3) is 7.46. The summed E-state index contributed by atoms with van der Waals surface area (Å²) >= 11 is 6.11. The van der Waals surface area contributed by atoms with Gasteiger partial charge in [0, 0.05) is 17.6 Å². The molecule has 0 radical (unpaired) electrons. The molecule has 0 bridgehead atoms. The monoisotopic (exact) mass is 507 g/mol. The summed E-state index contributed by atoms with van der Waals surface area (Å²) in [4.78, 5) is 27.9. The van der Waals surface area contributed by atoms with Crippen LogP contribution in [-0.2, 0) is 26.2 Å². The van der Waals surface area contributed by atoms with E-state index in [0.29, 0.717) is 16.3 Å². The lowest BCUT2D eigenvalue weighted by atomic mass is 10.1. The molecule has 0 fully saturated rings. The molecule has 34 heavy (non-hydrogen) atoms. The topological polar surface area (TPSA) is 86.8 Å². The Balaban J connectivity index is 2.42. The van der Waals surface area contributed by atoms with Gasteiger partial charge in [-0.3, -0.25) is 13.9 Å². The van der Waals surface area contributed by atoms with Gasteiger partial charge in [-0.1, -0.05) is 54.4 Å². The maximum absolute atomic E-state index is 13.5. The quantitative estimate of drug-likeness (QED) is 0.525. The number of amides is 2. The first-order valence-electron chi connectivity index (χ1n) is 11.2. The molecule has 0 aliphatic carbocycles. The molecule has 7 nitrogen and oxygen atoms in total. The molecule has 0 saturated carbocycles. The molecule has 2 aromatic rings. The van der Waals surface area contributed by atoms with Crippen molar-refractivity contribution in [2.24, 2.45) is 0 Å². The van der Waals surface area contributed by atoms with Crippen LogP contribution in [0.5, 0.6) is 0 Å². The summed E-state index contributed by atoms with van der Waals surface area (Å²) < 4.78 is 26.4. The van der Waals surface area contributed by atoms with E-state index >= 15 is 0 Å². The fourth-order valence-electron chi connectivity index (χ4n) is 3.38. The van der Waals surface area contributed by atoms with Crippen LogP contribution < -0.4 is 9.62 Å². The van der Waals surface area contributed by atoms with Crippen LogP contribution in [0.4, 0.5) is 5.69 Å². The van der Waals surface area contributed by atoms with Crippen molar-refractivity contribution in [1.82, 2.24) is 10.2 Å². The minimum Gasteiger partial charge on any atom is -0.352 e. The maximum atomic E-state index is 13.5. The van der Waals surface area contributed by atoms with E-state index < -0.39 is 28.5 Å². The van der Waals surface area contributed by atoms with Gasteiger partial charge in [0.25, 0.3) is 0 Å². The van der Waals surface area contributed by atoms with E-state index in [2.05, 4.69) is 5.32 Å². The molecule has 1 N–H and O–H groups in total. The highest BCUT2D eigenvalue weighted by molar-refractivity contribution is 7.92. The summed E-state index contributed by atoms with van der Waals surface area (Å²) in [5.74, 6) is -0.781. The zero-order valence-electron chi connectivity index (χ0n) is 20.6. The summed E-state index contributed by atoms with van der Waals surface area (Å²) in [6, 6.07) is 11.7.